The van der Waals surface area contributed by atoms with Crippen molar-refractivity contribution in [3.63, 3.8) is 0 Å². The molecular weight excluding hydrogens is 257 g/mol. The van der Waals surface area contributed by atoms with Gasteiger partial charge in [0.05, 0.1) is 6.61 Å². The fourth-order valence-corrected chi connectivity index (χ4v) is 1.64. The summed E-state index contributed by atoms with van der Waals surface area (Å²) < 4.78 is 24.4. The molecular formula is C16H26FNO2. The standard InChI is InChI=1S/C16H26FNO2/c1-5-6-19-7-8-20-15-10-13(9-14(17)11-15)12-18-16(2,3)4/h9-11,18H,5-8,12H2,1-4H3. The molecule has 20 heavy (non-hydrogen) atoms. The number of nitrogens with one attached hydrogen (secondary N) is 1. The molecule has 1 aromatic rings. The minimum atomic E-state index is -0.275. The van der Waals surface area contributed by atoms with Gasteiger partial charge in [-0.2, -0.15) is 0 Å². The van der Waals surface area contributed by atoms with Crippen LogP contribution in [0.15, 0.2) is 18.2 Å². The second-order valence-electron chi connectivity index (χ2n) is 5.86. The Balaban J connectivity index is 2.49. The lowest BCUT2D eigenvalue weighted by atomic mass is 10.1. The Morgan fingerprint density at radius 2 is 1.85 bits per heavy atom. The zero-order chi connectivity index (χ0) is 15.0. The number of rotatable bonds is 8. The van der Waals surface area contributed by atoms with Gasteiger partial charge in [-0.1, -0.05) is 6.92 Å². The molecule has 0 radical (unpaired) electrons. The second kappa shape index (κ2) is 8.22. The summed E-state index contributed by atoms with van der Waals surface area (Å²) in [4.78, 5) is 0. The van der Waals surface area contributed by atoms with Crippen molar-refractivity contribution in [2.45, 2.75) is 46.2 Å². The molecule has 0 saturated carbocycles. The fourth-order valence-electron chi connectivity index (χ4n) is 1.64. The Kier molecular flexibility index (Phi) is 6.96. The van der Waals surface area contributed by atoms with Gasteiger partial charge in [0, 0.05) is 24.8 Å². The largest absolute Gasteiger partial charge is 0.491 e. The first-order chi connectivity index (χ1) is 9.40. The predicted octanol–water partition coefficient (Wildman–Crippen LogP) is 3.52. The molecule has 0 saturated heterocycles. The number of hydrogen-bond donors (Lipinski definition) is 1. The van der Waals surface area contributed by atoms with Crippen LogP contribution < -0.4 is 10.1 Å². The van der Waals surface area contributed by atoms with Crippen LogP contribution in [-0.4, -0.2) is 25.4 Å². The maximum absolute atomic E-state index is 13.5. The SMILES string of the molecule is CCCOCCOc1cc(F)cc(CNC(C)(C)C)c1. The van der Waals surface area contributed by atoms with Gasteiger partial charge in [-0.3, -0.25) is 0 Å². The summed E-state index contributed by atoms with van der Waals surface area (Å²) in [7, 11) is 0. The molecule has 0 aliphatic carbocycles. The van der Waals surface area contributed by atoms with Gasteiger partial charge in [0.15, 0.2) is 0 Å². The van der Waals surface area contributed by atoms with Crippen LogP contribution in [-0.2, 0) is 11.3 Å². The molecule has 0 aromatic heterocycles. The summed E-state index contributed by atoms with van der Waals surface area (Å²) in [5.74, 6) is 0.276. The molecule has 0 aliphatic rings. The molecule has 0 aliphatic heterocycles. The van der Waals surface area contributed by atoms with E-state index in [1.165, 1.54) is 12.1 Å². The lowest BCUT2D eigenvalue weighted by Gasteiger charge is -2.20. The fraction of sp³-hybridized carbons (Fsp3) is 0.625. The minimum Gasteiger partial charge on any atom is -0.491 e. The van der Waals surface area contributed by atoms with E-state index in [1.54, 1.807) is 0 Å². The van der Waals surface area contributed by atoms with E-state index < -0.39 is 0 Å². The third-order valence-electron chi connectivity index (χ3n) is 2.60. The summed E-state index contributed by atoms with van der Waals surface area (Å²) in [5.41, 5.74) is 0.880. The quantitative estimate of drug-likeness (QED) is 0.740. The van der Waals surface area contributed by atoms with Crippen LogP contribution in [0.25, 0.3) is 0 Å². The second-order valence-corrected chi connectivity index (χ2v) is 5.86. The summed E-state index contributed by atoms with van der Waals surface area (Å²) in [5, 5.41) is 3.33. The smallest absolute Gasteiger partial charge is 0.127 e. The van der Waals surface area contributed by atoms with E-state index in [1.807, 2.05) is 6.07 Å². The summed E-state index contributed by atoms with van der Waals surface area (Å²) >= 11 is 0. The van der Waals surface area contributed by atoms with Crippen molar-refractivity contribution in [2.24, 2.45) is 0 Å². The van der Waals surface area contributed by atoms with Gasteiger partial charge in [0.2, 0.25) is 0 Å². The van der Waals surface area contributed by atoms with Crippen molar-refractivity contribution >= 4 is 0 Å². The monoisotopic (exact) mass is 283 g/mol. The van der Waals surface area contributed by atoms with E-state index in [0.717, 1.165) is 18.6 Å². The molecule has 114 valence electrons. The molecule has 1 rings (SSSR count). The normalized spacial score (nSPS) is 11.7. The van der Waals surface area contributed by atoms with Crippen LogP contribution in [0.4, 0.5) is 4.39 Å². The molecule has 1 N–H and O–H groups in total. The van der Waals surface area contributed by atoms with E-state index in [4.69, 9.17) is 9.47 Å². The van der Waals surface area contributed by atoms with Crippen molar-refractivity contribution in [2.75, 3.05) is 19.8 Å². The van der Waals surface area contributed by atoms with Crippen LogP contribution in [0.3, 0.4) is 0 Å². The summed E-state index contributed by atoms with van der Waals surface area (Å²) in [6.45, 7) is 10.6. The highest BCUT2D eigenvalue weighted by Crippen LogP contribution is 2.17. The topological polar surface area (TPSA) is 30.5 Å². The maximum atomic E-state index is 13.5. The first-order valence-corrected chi connectivity index (χ1v) is 7.16. The van der Waals surface area contributed by atoms with Crippen LogP contribution in [0.2, 0.25) is 0 Å². The Labute approximate surface area is 121 Å². The number of halogens is 1. The molecule has 0 amide bonds. The zero-order valence-electron chi connectivity index (χ0n) is 13.0. The van der Waals surface area contributed by atoms with Crippen LogP contribution >= 0.6 is 0 Å². The molecule has 0 unspecified atom stereocenters. The average Bonchev–Trinajstić information content (AvgIpc) is 2.35. The van der Waals surface area contributed by atoms with Gasteiger partial charge in [0.1, 0.15) is 18.2 Å². The Hall–Kier alpha value is -1.13. The lowest BCUT2D eigenvalue weighted by Crippen LogP contribution is -2.35. The van der Waals surface area contributed by atoms with Gasteiger partial charge >= 0.3 is 0 Å². The number of hydrogen-bond acceptors (Lipinski definition) is 3. The van der Waals surface area contributed by atoms with E-state index in [9.17, 15) is 4.39 Å². The molecule has 3 nitrogen and oxygen atoms in total. The van der Waals surface area contributed by atoms with Crippen molar-refractivity contribution in [1.82, 2.24) is 5.32 Å². The Morgan fingerprint density at radius 3 is 2.50 bits per heavy atom. The Morgan fingerprint density at radius 1 is 1.10 bits per heavy atom. The van der Waals surface area contributed by atoms with E-state index >= 15 is 0 Å². The molecule has 0 fully saturated rings. The third kappa shape index (κ3) is 7.46. The first-order valence-electron chi connectivity index (χ1n) is 7.16. The highest BCUT2D eigenvalue weighted by atomic mass is 19.1. The van der Waals surface area contributed by atoms with Crippen molar-refractivity contribution in [1.29, 1.82) is 0 Å². The van der Waals surface area contributed by atoms with Crippen LogP contribution in [0.1, 0.15) is 39.7 Å². The minimum absolute atomic E-state index is 0.00132. The first kappa shape index (κ1) is 16.9. The molecule has 0 atom stereocenters. The van der Waals surface area contributed by atoms with Gasteiger partial charge < -0.3 is 14.8 Å². The van der Waals surface area contributed by atoms with Crippen molar-refractivity contribution in [3.05, 3.63) is 29.6 Å². The molecule has 4 heteroatoms. The highest BCUT2D eigenvalue weighted by molar-refractivity contribution is 5.29. The lowest BCUT2D eigenvalue weighted by molar-refractivity contribution is 0.100. The molecule has 0 bridgehead atoms. The zero-order valence-corrected chi connectivity index (χ0v) is 13.0. The maximum Gasteiger partial charge on any atom is 0.127 e. The van der Waals surface area contributed by atoms with E-state index in [-0.39, 0.29) is 11.4 Å². The molecule has 1 aromatic carbocycles. The molecule has 0 spiro atoms. The van der Waals surface area contributed by atoms with Gasteiger partial charge in [-0.15, -0.1) is 0 Å². The number of benzene rings is 1. The van der Waals surface area contributed by atoms with E-state index in [2.05, 4.69) is 33.0 Å². The van der Waals surface area contributed by atoms with Gasteiger partial charge in [-0.05, 0) is 44.9 Å². The average molecular weight is 283 g/mol. The summed E-state index contributed by atoms with van der Waals surface area (Å²) in [6, 6.07) is 4.79. The highest BCUT2D eigenvalue weighted by Gasteiger charge is 2.09. The van der Waals surface area contributed by atoms with Crippen LogP contribution in [0, 0.1) is 5.82 Å². The van der Waals surface area contributed by atoms with E-state index in [0.29, 0.717) is 25.5 Å². The van der Waals surface area contributed by atoms with Gasteiger partial charge in [0.25, 0.3) is 0 Å². The van der Waals surface area contributed by atoms with Crippen molar-refractivity contribution in [3.8, 4) is 5.75 Å². The Bertz CT molecular complexity index is 402. The van der Waals surface area contributed by atoms with Crippen molar-refractivity contribution < 1.29 is 13.9 Å². The predicted molar refractivity (Wildman–Crippen MR) is 79.6 cm³/mol. The van der Waals surface area contributed by atoms with Crippen LogP contribution in [0.5, 0.6) is 5.75 Å². The third-order valence-corrected chi connectivity index (χ3v) is 2.60. The van der Waals surface area contributed by atoms with Gasteiger partial charge in [-0.25, -0.2) is 4.39 Å². The summed E-state index contributed by atoms with van der Waals surface area (Å²) in [6.07, 6.45) is 0.989. The number of ether oxygens (including phenoxy) is 2. The molecule has 0 heterocycles.